The Morgan fingerprint density at radius 1 is 1.29 bits per heavy atom. The lowest BCUT2D eigenvalue weighted by Gasteiger charge is -2.34. The highest BCUT2D eigenvalue weighted by molar-refractivity contribution is 6.01. The Morgan fingerprint density at radius 2 is 1.97 bits per heavy atom. The summed E-state index contributed by atoms with van der Waals surface area (Å²) >= 11 is 0. The van der Waals surface area contributed by atoms with Crippen LogP contribution in [0, 0.1) is 11.3 Å². The fraction of sp³-hybridized carbons (Fsp3) is 0.609. The number of pyridine rings is 1. The molecule has 35 heavy (non-hydrogen) atoms. The number of alkyl halides is 2. The van der Waals surface area contributed by atoms with Crippen LogP contribution in [-0.2, 0) is 9.53 Å². The first-order valence-electron chi connectivity index (χ1n) is 11.4. The van der Waals surface area contributed by atoms with Crippen LogP contribution in [0.5, 0.6) is 0 Å². The molecule has 0 radical (unpaired) electrons. The molecule has 1 aromatic rings. The number of carbonyl (C=O) groups excluding carboxylic acids is 3. The summed E-state index contributed by atoms with van der Waals surface area (Å²) in [5.41, 5.74) is 0.123. The third-order valence-electron chi connectivity index (χ3n) is 5.71. The lowest BCUT2D eigenvalue weighted by Crippen LogP contribution is -2.45. The zero-order valence-electron chi connectivity index (χ0n) is 20.0. The van der Waals surface area contributed by atoms with Gasteiger partial charge in [-0.2, -0.15) is 5.26 Å². The molecule has 2 N–H and O–H groups in total. The van der Waals surface area contributed by atoms with Gasteiger partial charge in [-0.25, -0.2) is 13.6 Å². The Kier molecular flexibility index (Phi) is 7.77. The van der Waals surface area contributed by atoms with E-state index >= 15 is 0 Å². The van der Waals surface area contributed by atoms with E-state index in [2.05, 4.69) is 15.6 Å². The number of nitriles is 1. The lowest BCUT2D eigenvalue weighted by molar-refractivity contribution is -0.131. The average molecular weight is 493 g/mol. The van der Waals surface area contributed by atoms with Gasteiger partial charge in [0.15, 0.2) is 0 Å². The predicted molar refractivity (Wildman–Crippen MR) is 122 cm³/mol. The van der Waals surface area contributed by atoms with E-state index < -0.39 is 48.9 Å². The molecule has 0 aliphatic carbocycles. The highest BCUT2D eigenvalue weighted by atomic mass is 19.3. The molecule has 2 aliphatic heterocycles. The van der Waals surface area contributed by atoms with Crippen LogP contribution in [0.25, 0.3) is 0 Å². The maximum Gasteiger partial charge on any atom is 0.410 e. The van der Waals surface area contributed by atoms with Crippen LogP contribution in [0.3, 0.4) is 0 Å². The summed E-state index contributed by atoms with van der Waals surface area (Å²) in [6.07, 6.45) is 3.10. The Hall–Kier alpha value is -3.49. The van der Waals surface area contributed by atoms with E-state index in [4.69, 9.17) is 10.00 Å². The zero-order valence-corrected chi connectivity index (χ0v) is 20.0. The topological polar surface area (TPSA) is 128 Å². The maximum atomic E-state index is 13.6. The lowest BCUT2D eigenvalue weighted by atomic mass is 10.0. The SMILES string of the molecule is CC(C)(C)OC(=O)N1CCC(Nc2cnccc2C(=O)NCC(=O)N2CC(F)(F)CC2C#N)CC1. The van der Waals surface area contributed by atoms with Crippen molar-refractivity contribution in [3.05, 3.63) is 24.0 Å². The number of hydrogen-bond acceptors (Lipinski definition) is 7. The van der Waals surface area contributed by atoms with Gasteiger partial charge >= 0.3 is 6.09 Å². The van der Waals surface area contributed by atoms with Crippen LogP contribution in [0.4, 0.5) is 19.3 Å². The van der Waals surface area contributed by atoms with Gasteiger partial charge in [0.1, 0.15) is 11.6 Å². The van der Waals surface area contributed by atoms with Gasteiger partial charge < -0.3 is 25.2 Å². The number of piperidine rings is 1. The molecule has 1 atom stereocenters. The van der Waals surface area contributed by atoms with Crippen molar-refractivity contribution in [3.8, 4) is 6.07 Å². The molecule has 0 aromatic carbocycles. The maximum absolute atomic E-state index is 13.6. The summed E-state index contributed by atoms with van der Waals surface area (Å²) in [6.45, 7) is 5.05. The summed E-state index contributed by atoms with van der Waals surface area (Å²) in [5, 5.41) is 14.8. The quantitative estimate of drug-likeness (QED) is 0.646. The van der Waals surface area contributed by atoms with Gasteiger partial charge in [0.25, 0.3) is 11.8 Å². The fourth-order valence-corrected chi connectivity index (χ4v) is 4.01. The summed E-state index contributed by atoms with van der Waals surface area (Å²) < 4.78 is 32.6. The number of likely N-dealkylation sites (tertiary alicyclic amines) is 2. The van der Waals surface area contributed by atoms with Crippen LogP contribution in [0.15, 0.2) is 18.5 Å². The van der Waals surface area contributed by atoms with Crippen LogP contribution < -0.4 is 10.6 Å². The number of nitrogens with one attached hydrogen (secondary N) is 2. The Bertz CT molecular complexity index is 998. The standard InChI is InChI=1S/C23H30F2N6O4/c1-22(2,3)35-21(34)30-8-5-15(6-9-30)29-18-12-27-7-4-17(18)20(33)28-13-19(32)31-14-23(24,25)10-16(31)11-26/h4,7,12,15-16,29H,5-6,8-10,13-14H2,1-3H3,(H,28,33). The largest absolute Gasteiger partial charge is 0.444 e. The van der Waals surface area contributed by atoms with E-state index in [0.717, 1.165) is 4.90 Å². The van der Waals surface area contributed by atoms with Gasteiger partial charge in [0.2, 0.25) is 5.91 Å². The first-order valence-corrected chi connectivity index (χ1v) is 11.4. The highest BCUT2D eigenvalue weighted by Gasteiger charge is 2.47. The molecule has 3 heterocycles. The third-order valence-corrected chi connectivity index (χ3v) is 5.71. The number of nitrogens with zero attached hydrogens (tertiary/aromatic N) is 4. The Balaban J connectivity index is 1.55. The number of amides is 3. The molecule has 0 bridgehead atoms. The minimum Gasteiger partial charge on any atom is -0.444 e. The zero-order chi connectivity index (χ0) is 25.8. The minimum atomic E-state index is -3.12. The van der Waals surface area contributed by atoms with Gasteiger partial charge in [0.05, 0.1) is 36.6 Å². The van der Waals surface area contributed by atoms with Crippen molar-refractivity contribution in [2.75, 3.05) is 31.5 Å². The molecule has 2 aliphatic rings. The van der Waals surface area contributed by atoms with Crippen LogP contribution in [-0.4, -0.2) is 82.5 Å². The van der Waals surface area contributed by atoms with Gasteiger partial charge in [-0.15, -0.1) is 0 Å². The third kappa shape index (κ3) is 7.00. The van der Waals surface area contributed by atoms with Crippen molar-refractivity contribution in [1.29, 1.82) is 5.26 Å². The van der Waals surface area contributed by atoms with Gasteiger partial charge in [-0.3, -0.25) is 14.6 Å². The second-order valence-corrected chi connectivity index (χ2v) is 9.72. The first-order chi connectivity index (χ1) is 16.4. The first kappa shape index (κ1) is 26.1. The summed E-state index contributed by atoms with van der Waals surface area (Å²) in [4.78, 5) is 43.9. The molecule has 0 saturated carbocycles. The van der Waals surface area contributed by atoms with E-state index in [-0.39, 0.29) is 17.7 Å². The number of aromatic nitrogens is 1. The number of carbonyl (C=O) groups is 3. The number of rotatable bonds is 5. The Morgan fingerprint density at radius 3 is 2.60 bits per heavy atom. The van der Waals surface area contributed by atoms with Crippen molar-refractivity contribution in [1.82, 2.24) is 20.1 Å². The molecular formula is C23H30F2N6O4. The summed E-state index contributed by atoms with van der Waals surface area (Å²) in [7, 11) is 0. The summed E-state index contributed by atoms with van der Waals surface area (Å²) in [5.74, 6) is -4.45. The van der Waals surface area contributed by atoms with Gasteiger partial charge in [-0.1, -0.05) is 0 Å². The van der Waals surface area contributed by atoms with Crippen molar-refractivity contribution in [2.24, 2.45) is 0 Å². The Labute approximate surface area is 202 Å². The molecular weight excluding hydrogens is 462 g/mol. The molecule has 2 fully saturated rings. The highest BCUT2D eigenvalue weighted by Crippen LogP contribution is 2.31. The molecule has 2 saturated heterocycles. The molecule has 0 spiro atoms. The van der Waals surface area contributed by atoms with Crippen molar-refractivity contribution in [2.45, 2.75) is 63.6 Å². The fourth-order valence-electron chi connectivity index (χ4n) is 4.01. The van der Waals surface area contributed by atoms with E-state index in [9.17, 15) is 23.2 Å². The number of anilines is 1. The number of ether oxygens (including phenoxy) is 1. The monoisotopic (exact) mass is 492 g/mol. The second kappa shape index (κ2) is 10.4. The van der Waals surface area contributed by atoms with E-state index in [0.29, 0.717) is 31.6 Å². The van der Waals surface area contributed by atoms with Gasteiger partial charge in [-0.05, 0) is 39.7 Å². The minimum absolute atomic E-state index is 0.0192. The molecule has 1 unspecified atom stereocenters. The molecule has 10 nitrogen and oxygen atoms in total. The van der Waals surface area contributed by atoms with Crippen LogP contribution in [0.2, 0.25) is 0 Å². The molecule has 3 amide bonds. The predicted octanol–water partition coefficient (Wildman–Crippen LogP) is 2.38. The normalized spacial score (nSPS) is 20.2. The number of halogens is 2. The van der Waals surface area contributed by atoms with Crippen molar-refractivity contribution >= 4 is 23.6 Å². The van der Waals surface area contributed by atoms with Crippen molar-refractivity contribution < 1.29 is 27.9 Å². The van der Waals surface area contributed by atoms with Crippen molar-refractivity contribution in [3.63, 3.8) is 0 Å². The van der Waals surface area contributed by atoms with Crippen LogP contribution in [0.1, 0.15) is 50.4 Å². The molecule has 1 aromatic heterocycles. The average Bonchev–Trinajstić information content (AvgIpc) is 3.11. The van der Waals surface area contributed by atoms with Crippen LogP contribution >= 0.6 is 0 Å². The van der Waals surface area contributed by atoms with E-state index in [1.165, 1.54) is 18.5 Å². The van der Waals surface area contributed by atoms with Gasteiger partial charge in [0, 0.05) is 31.7 Å². The smallest absolute Gasteiger partial charge is 0.410 e. The number of hydrogen-bond donors (Lipinski definition) is 2. The van der Waals surface area contributed by atoms with E-state index in [1.54, 1.807) is 11.0 Å². The molecule has 190 valence electrons. The second-order valence-electron chi connectivity index (χ2n) is 9.72. The van der Waals surface area contributed by atoms with E-state index in [1.807, 2.05) is 20.8 Å². The molecule has 12 heteroatoms. The molecule has 3 rings (SSSR count). The summed E-state index contributed by atoms with van der Waals surface area (Å²) in [6, 6.07) is 1.95.